The molecule has 0 N–H and O–H groups in total. The van der Waals surface area contributed by atoms with Crippen molar-refractivity contribution in [3.05, 3.63) is 59.1 Å². The summed E-state index contributed by atoms with van der Waals surface area (Å²) in [5.74, 6) is -0.874. The highest BCUT2D eigenvalue weighted by molar-refractivity contribution is 5.95. The zero-order valence-electron chi connectivity index (χ0n) is 11.6. The zero-order chi connectivity index (χ0) is 15.0. The fourth-order valence-electron chi connectivity index (χ4n) is 2.35. The Bertz CT molecular complexity index is 677. The number of nitrogens with zero attached hydrogens (tertiary/aromatic N) is 1. The molecule has 1 aromatic carbocycles. The van der Waals surface area contributed by atoms with Crippen molar-refractivity contribution < 1.29 is 18.0 Å². The number of hydrogen-bond acceptors (Lipinski definition) is 2. The van der Waals surface area contributed by atoms with Crippen molar-refractivity contribution in [1.29, 1.82) is 0 Å². The highest BCUT2D eigenvalue weighted by Crippen LogP contribution is 2.31. The topological polar surface area (TPSA) is 33.5 Å². The van der Waals surface area contributed by atoms with Crippen molar-refractivity contribution in [2.24, 2.45) is 0 Å². The van der Waals surface area contributed by atoms with E-state index in [0.29, 0.717) is 16.9 Å². The minimum Gasteiger partial charge on any atom is -0.469 e. The van der Waals surface area contributed by atoms with Gasteiger partial charge in [0.05, 0.1) is 11.8 Å². The Hall–Kier alpha value is -2.17. The SMILES string of the molecule is Cc1occc1C(=O)N(Cc1ccc(F)cc1F)C1CC1. The Labute approximate surface area is 121 Å². The van der Waals surface area contributed by atoms with Gasteiger partial charge in [-0.3, -0.25) is 4.79 Å². The minimum absolute atomic E-state index is 0.122. The molecule has 1 aliphatic rings. The van der Waals surface area contributed by atoms with E-state index in [1.54, 1.807) is 17.9 Å². The first-order valence-corrected chi connectivity index (χ1v) is 6.85. The van der Waals surface area contributed by atoms with Crippen LogP contribution in [0.3, 0.4) is 0 Å². The molecule has 1 fully saturated rings. The fourth-order valence-corrected chi connectivity index (χ4v) is 2.35. The number of furan rings is 1. The van der Waals surface area contributed by atoms with Crippen molar-refractivity contribution >= 4 is 5.91 Å². The number of hydrogen-bond donors (Lipinski definition) is 0. The summed E-state index contributed by atoms with van der Waals surface area (Å²) in [5.41, 5.74) is 0.808. The third kappa shape index (κ3) is 2.82. The van der Waals surface area contributed by atoms with Crippen LogP contribution in [0.2, 0.25) is 0 Å². The summed E-state index contributed by atoms with van der Waals surface area (Å²) < 4.78 is 31.9. The molecule has 0 atom stereocenters. The minimum atomic E-state index is -0.627. The predicted molar refractivity (Wildman–Crippen MR) is 72.7 cm³/mol. The number of benzene rings is 1. The highest BCUT2D eigenvalue weighted by Gasteiger charge is 2.34. The molecule has 1 heterocycles. The van der Waals surface area contributed by atoms with Crippen molar-refractivity contribution in [2.45, 2.75) is 32.4 Å². The van der Waals surface area contributed by atoms with Gasteiger partial charge in [-0.2, -0.15) is 0 Å². The van der Waals surface area contributed by atoms with E-state index in [-0.39, 0.29) is 18.5 Å². The van der Waals surface area contributed by atoms with Gasteiger partial charge in [-0.25, -0.2) is 8.78 Å². The second-order valence-electron chi connectivity index (χ2n) is 5.29. The van der Waals surface area contributed by atoms with E-state index in [0.717, 1.165) is 18.9 Å². The Balaban J connectivity index is 1.85. The Morgan fingerprint density at radius 1 is 1.33 bits per heavy atom. The Morgan fingerprint density at radius 2 is 2.10 bits per heavy atom. The lowest BCUT2D eigenvalue weighted by molar-refractivity contribution is 0.0726. The molecule has 1 aliphatic carbocycles. The van der Waals surface area contributed by atoms with Gasteiger partial charge in [-0.05, 0) is 31.9 Å². The quantitative estimate of drug-likeness (QED) is 0.861. The molecule has 0 aliphatic heterocycles. The maximum Gasteiger partial charge on any atom is 0.257 e. The monoisotopic (exact) mass is 291 g/mol. The molecule has 3 rings (SSSR count). The van der Waals surface area contributed by atoms with Crippen molar-refractivity contribution in [3.63, 3.8) is 0 Å². The number of amides is 1. The van der Waals surface area contributed by atoms with Gasteiger partial charge in [-0.1, -0.05) is 6.07 Å². The molecule has 1 saturated carbocycles. The van der Waals surface area contributed by atoms with Crippen molar-refractivity contribution in [3.8, 4) is 0 Å². The molecule has 0 spiro atoms. The molecule has 3 nitrogen and oxygen atoms in total. The van der Waals surface area contributed by atoms with Crippen LogP contribution in [-0.2, 0) is 6.54 Å². The van der Waals surface area contributed by atoms with E-state index < -0.39 is 11.6 Å². The molecule has 0 unspecified atom stereocenters. The van der Waals surface area contributed by atoms with Gasteiger partial charge in [0.1, 0.15) is 17.4 Å². The van der Waals surface area contributed by atoms with E-state index >= 15 is 0 Å². The molecular weight excluding hydrogens is 276 g/mol. The van der Waals surface area contributed by atoms with E-state index in [1.165, 1.54) is 18.4 Å². The number of carbonyl (C=O) groups excluding carboxylic acids is 1. The first-order chi connectivity index (χ1) is 10.1. The zero-order valence-corrected chi connectivity index (χ0v) is 11.6. The lowest BCUT2D eigenvalue weighted by Crippen LogP contribution is -2.33. The summed E-state index contributed by atoms with van der Waals surface area (Å²) in [7, 11) is 0. The molecule has 5 heteroatoms. The number of aryl methyl sites for hydroxylation is 1. The van der Waals surface area contributed by atoms with E-state index in [2.05, 4.69) is 0 Å². The van der Waals surface area contributed by atoms with Gasteiger partial charge in [-0.15, -0.1) is 0 Å². The first kappa shape index (κ1) is 13.8. The van der Waals surface area contributed by atoms with Gasteiger partial charge in [0.2, 0.25) is 0 Å². The molecular formula is C16H15F2NO2. The first-order valence-electron chi connectivity index (χ1n) is 6.85. The lowest BCUT2D eigenvalue weighted by atomic mass is 10.1. The summed E-state index contributed by atoms with van der Waals surface area (Å²) in [6, 6.07) is 5.17. The Morgan fingerprint density at radius 3 is 2.67 bits per heavy atom. The maximum absolute atomic E-state index is 13.8. The molecule has 0 radical (unpaired) electrons. The third-order valence-electron chi connectivity index (χ3n) is 3.69. The molecule has 1 amide bonds. The van der Waals surface area contributed by atoms with Gasteiger partial charge in [0, 0.05) is 24.2 Å². The van der Waals surface area contributed by atoms with Crippen LogP contribution in [0.15, 0.2) is 34.9 Å². The molecule has 1 aromatic heterocycles. The predicted octanol–water partition coefficient (Wildman–Crippen LogP) is 3.67. The summed E-state index contributed by atoms with van der Waals surface area (Å²) in [6.45, 7) is 1.86. The van der Waals surface area contributed by atoms with Crippen LogP contribution in [0.1, 0.15) is 34.5 Å². The van der Waals surface area contributed by atoms with E-state index in [9.17, 15) is 13.6 Å². The van der Waals surface area contributed by atoms with Crippen LogP contribution in [0, 0.1) is 18.6 Å². The van der Waals surface area contributed by atoms with E-state index in [4.69, 9.17) is 4.42 Å². The summed E-state index contributed by atoms with van der Waals surface area (Å²) in [6.07, 6.45) is 3.28. The summed E-state index contributed by atoms with van der Waals surface area (Å²) in [4.78, 5) is 14.2. The van der Waals surface area contributed by atoms with Crippen molar-refractivity contribution in [1.82, 2.24) is 4.90 Å². The smallest absolute Gasteiger partial charge is 0.257 e. The van der Waals surface area contributed by atoms with Crippen LogP contribution in [-0.4, -0.2) is 16.8 Å². The Kier molecular flexibility index (Phi) is 3.49. The average Bonchev–Trinajstić information content (AvgIpc) is 3.19. The number of halogens is 2. The molecule has 110 valence electrons. The normalized spacial score (nSPS) is 14.2. The van der Waals surface area contributed by atoms with Gasteiger partial charge in [0.25, 0.3) is 5.91 Å². The van der Waals surface area contributed by atoms with E-state index in [1.807, 2.05) is 0 Å². The molecule has 0 bridgehead atoms. The highest BCUT2D eigenvalue weighted by atomic mass is 19.1. The van der Waals surface area contributed by atoms with Gasteiger partial charge >= 0.3 is 0 Å². The second-order valence-corrected chi connectivity index (χ2v) is 5.29. The second kappa shape index (κ2) is 5.31. The van der Waals surface area contributed by atoms with Crippen LogP contribution in [0.25, 0.3) is 0 Å². The summed E-state index contributed by atoms with van der Waals surface area (Å²) in [5, 5.41) is 0. The van der Waals surface area contributed by atoms with Gasteiger partial charge < -0.3 is 9.32 Å². The third-order valence-corrected chi connectivity index (χ3v) is 3.69. The van der Waals surface area contributed by atoms with Crippen LogP contribution in [0.5, 0.6) is 0 Å². The average molecular weight is 291 g/mol. The van der Waals surface area contributed by atoms with Crippen LogP contribution < -0.4 is 0 Å². The number of carbonyl (C=O) groups is 1. The van der Waals surface area contributed by atoms with Gasteiger partial charge in [0.15, 0.2) is 0 Å². The van der Waals surface area contributed by atoms with Crippen molar-refractivity contribution in [2.75, 3.05) is 0 Å². The van der Waals surface area contributed by atoms with Crippen LogP contribution >= 0.6 is 0 Å². The largest absolute Gasteiger partial charge is 0.469 e. The lowest BCUT2D eigenvalue weighted by Gasteiger charge is -2.22. The molecule has 0 saturated heterocycles. The fraction of sp³-hybridized carbons (Fsp3) is 0.312. The number of rotatable bonds is 4. The van der Waals surface area contributed by atoms with Crippen LogP contribution in [0.4, 0.5) is 8.78 Å². The molecule has 21 heavy (non-hydrogen) atoms. The maximum atomic E-state index is 13.8. The molecule has 2 aromatic rings. The summed E-state index contributed by atoms with van der Waals surface area (Å²) >= 11 is 0. The standard InChI is InChI=1S/C16H15F2NO2/c1-10-14(6-7-21-10)16(20)19(13-4-5-13)9-11-2-3-12(17)8-15(11)18/h2-3,6-8,13H,4-5,9H2,1H3.